The van der Waals surface area contributed by atoms with E-state index in [2.05, 4.69) is 51.7 Å². The van der Waals surface area contributed by atoms with Crippen molar-refractivity contribution in [3.63, 3.8) is 0 Å². The molecule has 0 aliphatic carbocycles. The summed E-state index contributed by atoms with van der Waals surface area (Å²) in [4.78, 5) is 0. The average Bonchev–Trinajstić information content (AvgIpc) is 2.00. The summed E-state index contributed by atoms with van der Waals surface area (Å²) >= 11 is 0. The zero-order chi connectivity index (χ0) is 9.90. The van der Waals surface area contributed by atoms with Crippen molar-refractivity contribution in [2.75, 3.05) is 0 Å². The number of rotatable bonds is 0. The summed E-state index contributed by atoms with van der Waals surface area (Å²) in [5.41, 5.74) is 2.46. The summed E-state index contributed by atoms with van der Waals surface area (Å²) in [5, 5.41) is 0. The maximum Gasteiger partial charge on any atom is 0.0248 e. The Kier molecular flexibility index (Phi) is 2.78. The van der Waals surface area contributed by atoms with Gasteiger partial charge in [0.15, 0.2) is 0 Å². The first-order valence-corrected chi connectivity index (χ1v) is 4.57. The predicted octanol–water partition coefficient (Wildman–Crippen LogP) is 3.39. The Bertz CT molecular complexity index is 342. The van der Waals surface area contributed by atoms with Gasteiger partial charge >= 0.3 is 0 Å². The number of hydrogen-bond acceptors (Lipinski definition) is 0. The fourth-order valence-electron chi connectivity index (χ4n) is 0.982. The van der Waals surface area contributed by atoms with Crippen molar-refractivity contribution < 1.29 is 0 Å². The second-order valence-electron chi connectivity index (χ2n) is 4.37. The van der Waals surface area contributed by atoms with Gasteiger partial charge in [0.25, 0.3) is 0 Å². The SMILES string of the molecule is Cc1cccc(C#CC(C)(C)C)c1. The van der Waals surface area contributed by atoms with Crippen LogP contribution in [0.15, 0.2) is 24.3 Å². The molecule has 0 aromatic heterocycles. The molecule has 0 aliphatic heterocycles. The molecule has 13 heavy (non-hydrogen) atoms. The van der Waals surface area contributed by atoms with Crippen LogP contribution in [0.3, 0.4) is 0 Å². The molecule has 0 heterocycles. The molecule has 0 unspecified atom stereocenters. The van der Waals surface area contributed by atoms with E-state index in [-0.39, 0.29) is 5.41 Å². The minimum Gasteiger partial charge on any atom is -0.0920 e. The van der Waals surface area contributed by atoms with Gasteiger partial charge in [-0.15, -0.1) is 0 Å². The lowest BCUT2D eigenvalue weighted by molar-refractivity contribution is 0.571. The highest BCUT2D eigenvalue weighted by Gasteiger charge is 2.02. The second-order valence-corrected chi connectivity index (χ2v) is 4.37. The molecule has 0 fully saturated rings. The van der Waals surface area contributed by atoms with Crippen LogP contribution in [0.2, 0.25) is 0 Å². The Labute approximate surface area is 81.0 Å². The molecule has 68 valence electrons. The van der Waals surface area contributed by atoms with Crippen LogP contribution in [0, 0.1) is 24.2 Å². The molecule has 0 N–H and O–H groups in total. The Balaban J connectivity index is 2.90. The Hall–Kier alpha value is -1.22. The van der Waals surface area contributed by atoms with E-state index in [1.807, 2.05) is 12.1 Å². The normalized spacial score (nSPS) is 10.5. The van der Waals surface area contributed by atoms with Crippen molar-refractivity contribution in [1.82, 2.24) is 0 Å². The van der Waals surface area contributed by atoms with Crippen LogP contribution < -0.4 is 0 Å². The van der Waals surface area contributed by atoms with Crippen LogP contribution in [0.5, 0.6) is 0 Å². The van der Waals surface area contributed by atoms with E-state index in [1.165, 1.54) is 5.56 Å². The van der Waals surface area contributed by atoms with Gasteiger partial charge < -0.3 is 0 Å². The highest BCUT2D eigenvalue weighted by Crippen LogP contribution is 2.11. The summed E-state index contributed by atoms with van der Waals surface area (Å²) < 4.78 is 0. The number of hydrogen-bond donors (Lipinski definition) is 0. The minimum atomic E-state index is 0.0870. The minimum absolute atomic E-state index is 0.0870. The molecule has 0 radical (unpaired) electrons. The standard InChI is InChI=1S/C13H16/c1-11-6-5-7-12(10-11)8-9-13(2,3)4/h5-7,10H,1-4H3. The highest BCUT2D eigenvalue weighted by molar-refractivity contribution is 5.37. The molecule has 0 bridgehead atoms. The van der Waals surface area contributed by atoms with Gasteiger partial charge in [-0.05, 0) is 45.4 Å². The first-order chi connectivity index (χ1) is 5.97. The van der Waals surface area contributed by atoms with Gasteiger partial charge in [0.05, 0.1) is 0 Å². The first kappa shape index (κ1) is 9.86. The van der Waals surface area contributed by atoms with E-state index in [0.717, 1.165) is 5.56 Å². The van der Waals surface area contributed by atoms with E-state index in [9.17, 15) is 0 Å². The van der Waals surface area contributed by atoms with Crippen LogP contribution in [-0.4, -0.2) is 0 Å². The summed E-state index contributed by atoms with van der Waals surface area (Å²) in [7, 11) is 0. The van der Waals surface area contributed by atoms with Crippen molar-refractivity contribution in [3.8, 4) is 11.8 Å². The maximum absolute atomic E-state index is 3.22. The molecular formula is C13H16. The molecule has 0 saturated carbocycles. The van der Waals surface area contributed by atoms with Crippen LogP contribution >= 0.6 is 0 Å². The fraction of sp³-hybridized carbons (Fsp3) is 0.385. The third-order valence-corrected chi connectivity index (χ3v) is 1.60. The quantitative estimate of drug-likeness (QED) is 0.526. The van der Waals surface area contributed by atoms with E-state index in [1.54, 1.807) is 0 Å². The topological polar surface area (TPSA) is 0 Å². The summed E-state index contributed by atoms with van der Waals surface area (Å²) in [6.07, 6.45) is 0. The Morgan fingerprint density at radius 1 is 1.15 bits per heavy atom. The molecule has 0 aliphatic rings. The van der Waals surface area contributed by atoms with Crippen LogP contribution in [0.25, 0.3) is 0 Å². The van der Waals surface area contributed by atoms with Crippen molar-refractivity contribution in [3.05, 3.63) is 35.4 Å². The fourth-order valence-corrected chi connectivity index (χ4v) is 0.982. The first-order valence-electron chi connectivity index (χ1n) is 4.57. The van der Waals surface area contributed by atoms with E-state index >= 15 is 0 Å². The zero-order valence-electron chi connectivity index (χ0n) is 8.81. The summed E-state index contributed by atoms with van der Waals surface area (Å²) in [6.45, 7) is 8.45. The van der Waals surface area contributed by atoms with Gasteiger partial charge in [-0.1, -0.05) is 24.0 Å². The molecule has 0 nitrogen and oxygen atoms in total. The van der Waals surface area contributed by atoms with Crippen LogP contribution in [0.1, 0.15) is 31.9 Å². The highest BCUT2D eigenvalue weighted by atomic mass is 14.1. The molecule has 1 aromatic rings. The lowest BCUT2D eigenvalue weighted by Crippen LogP contribution is -1.99. The van der Waals surface area contributed by atoms with Crippen molar-refractivity contribution in [2.24, 2.45) is 5.41 Å². The van der Waals surface area contributed by atoms with Gasteiger partial charge in [0, 0.05) is 11.0 Å². The molecule has 0 heteroatoms. The van der Waals surface area contributed by atoms with Crippen molar-refractivity contribution in [2.45, 2.75) is 27.7 Å². The van der Waals surface area contributed by atoms with Gasteiger partial charge in [-0.3, -0.25) is 0 Å². The molecule has 0 amide bonds. The van der Waals surface area contributed by atoms with Crippen LogP contribution in [-0.2, 0) is 0 Å². The average molecular weight is 172 g/mol. The number of aryl methyl sites for hydroxylation is 1. The second kappa shape index (κ2) is 3.66. The Morgan fingerprint density at radius 3 is 2.38 bits per heavy atom. The lowest BCUT2D eigenvalue weighted by Gasteiger charge is -2.06. The van der Waals surface area contributed by atoms with Crippen molar-refractivity contribution in [1.29, 1.82) is 0 Å². The van der Waals surface area contributed by atoms with E-state index in [0.29, 0.717) is 0 Å². The molecular weight excluding hydrogens is 156 g/mol. The number of benzene rings is 1. The van der Waals surface area contributed by atoms with Gasteiger partial charge in [0.1, 0.15) is 0 Å². The van der Waals surface area contributed by atoms with Gasteiger partial charge in [-0.2, -0.15) is 0 Å². The third-order valence-electron chi connectivity index (χ3n) is 1.60. The van der Waals surface area contributed by atoms with E-state index in [4.69, 9.17) is 0 Å². The molecule has 1 aromatic carbocycles. The molecule has 0 atom stereocenters. The zero-order valence-corrected chi connectivity index (χ0v) is 8.81. The summed E-state index contributed by atoms with van der Waals surface area (Å²) in [5.74, 6) is 6.39. The molecule has 1 rings (SSSR count). The monoisotopic (exact) mass is 172 g/mol. The smallest absolute Gasteiger partial charge is 0.0248 e. The Morgan fingerprint density at radius 2 is 1.85 bits per heavy atom. The molecule has 0 spiro atoms. The third kappa shape index (κ3) is 3.80. The van der Waals surface area contributed by atoms with Crippen molar-refractivity contribution >= 4 is 0 Å². The predicted molar refractivity (Wildman–Crippen MR) is 57.5 cm³/mol. The van der Waals surface area contributed by atoms with Gasteiger partial charge in [0.2, 0.25) is 0 Å². The largest absolute Gasteiger partial charge is 0.0920 e. The van der Waals surface area contributed by atoms with E-state index < -0.39 is 0 Å². The maximum atomic E-state index is 3.22. The lowest BCUT2D eigenvalue weighted by atomic mass is 9.97. The van der Waals surface area contributed by atoms with Crippen LogP contribution in [0.4, 0.5) is 0 Å². The summed E-state index contributed by atoms with van der Waals surface area (Å²) in [6, 6.07) is 8.29. The molecule has 0 saturated heterocycles. The van der Waals surface area contributed by atoms with Gasteiger partial charge in [-0.25, -0.2) is 0 Å².